The molecule has 0 saturated carbocycles. The molecule has 3 nitrogen and oxygen atoms in total. The van der Waals surface area contributed by atoms with Gasteiger partial charge in [-0.15, -0.1) is 0 Å². The molecule has 0 atom stereocenters. The third kappa shape index (κ3) is 4.23. The minimum atomic E-state index is 0.551. The van der Waals surface area contributed by atoms with E-state index in [1.165, 1.54) is 5.56 Å². The highest BCUT2D eigenvalue weighted by Crippen LogP contribution is 2.16. The molecule has 0 radical (unpaired) electrons. The summed E-state index contributed by atoms with van der Waals surface area (Å²) in [4.78, 5) is 4.10. The van der Waals surface area contributed by atoms with Crippen molar-refractivity contribution < 1.29 is 4.74 Å². The first kappa shape index (κ1) is 13.3. The van der Waals surface area contributed by atoms with Crippen LogP contribution in [0.5, 0.6) is 5.75 Å². The zero-order valence-electron chi connectivity index (χ0n) is 11.0. The molecule has 0 amide bonds. The highest BCUT2D eigenvalue weighted by atomic mass is 16.5. The monoisotopic (exact) mass is 254 g/mol. The average Bonchev–Trinajstić information content (AvgIpc) is 2.47. The van der Waals surface area contributed by atoms with Crippen LogP contribution in [-0.4, -0.2) is 18.6 Å². The molecule has 2 aromatic rings. The Kier molecular flexibility index (Phi) is 5.14. The predicted octanol–water partition coefficient (Wildman–Crippen LogP) is 2.89. The van der Waals surface area contributed by atoms with Gasteiger partial charge in [-0.25, -0.2) is 0 Å². The second-order valence-corrected chi connectivity index (χ2v) is 4.14. The van der Waals surface area contributed by atoms with Gasteiger partial charge in [-0.2, -0.15) is 0 Å². The number of pyridine rings is 1. The molecule has 0 bridgehead atoms. The number of hydrogen-bond donors (Lipinski definition) is 1. The molecule has 1 aromatic heterocycles. The van der Waals surface area contributed by atoms with Crippen molar-refractivity contribution in [1.82, 2.24) is 10.3 Å². The number of aromatic nitrogens is 1. The number of nitrogens with zero attached hydrogens (tertiary/aromatic N) is 1. The molecule has 0 aliphatic carbocycles. The van der Waals surface area contributed by atoms with Gasteiger partial charge in [-0.05, 0) is 24.8 Å². The molecular formula is C16H18N2O. The molecule has 1 aromatic carbocycles. The standard InChI is InChI=1S/C16H18N2O/c1-17-12-15-13-18-10-9-16(15)19-11-5-8-14-6-3-2-4-7-14/h2-10,13,17H,11-12H2,1H3/b8-5+. The van der Waals surface area contributed by atoms with Crippen molar-refractivity contribution in [3.8, 4) is 5.75 Å². The minimum absolute atomic E-state index is 0.551. The van der Waals surface area contributed by atoms with Gasteiger partial charge >= 0.3 is 0 Å². The van der Waals surface area contributed by atoms with Gasteiger partial charge in [0.2, 0.25) is 0 Å². The second-order valence-electron chi connectivity index (χ2n) is 4.14. The van der Waals surface area contributed by atoms with Crippen LogP contribution in [0, 0.1) is 0 Å². The summed E-state index contributed by atoms with van der Waals surface area (Å²) in [5.41, 5.74) is 2.24. The Hall–Kier alpha value is -2.13. The molecule has 19 heavy (non-hydrogen) atoms. The van der Waals surface area contributed by atoms with Crippen molar-refractivity contribution in [3.05, 3.63) is 66.0 Å². The lowest BCUT2D eigenvalue weighted by Gasteiger charge is -2.08. The molecule has 2 rings (SSSR count). The van der Waals surface area contributed by atoms with Gasteiger partial charge < -0.3 is 10.1 Å². The van der Waals surface area contributed by atoms with Crippen molar-refractivity contribution in [2.75, 3.05) is 13.7 Å². The summed E-state index contributed by atoms with van der Waals surface area (Å²) in [5, 5.41) is 3.10. The maximum absolute atomic E-state index is 5.74. The van der Waals surface area contributed by atoms with Crippen molar-refractivity contribution in [2.24, 2.45) is 0 Å². The first-order chi connectivity index (χ1) is 9.40. The van der Waals surface area contributed by atoms with Crippen molar-refractivity contribution in [3.63, 3.8) is 0 Å². The fourth-order valence-electron chi connectivity index (χ4n) is 1.76. The van der Waals surface area contributed by atoms with E-state index < -0.39 is 0 Å². The number of nitrogens with one attached hydrogen (secondary N) is 1. The van der Waals surface area contributed by atoms with E-state index in [1.807, 2.05) is 43.6 Å². The van der Waals surface area contributed by atoms with Gasteiger partial charge in [0.05, 0.1) is 0 Å². The Morgan fingerprint density at radius 2 is 2.05 bits per heavy atom. The summed E-state index contributed by atoms with van der Waals surface area (Å²) in [6.45, 7) is 1.31. The summed E-state index contributed by atoms with van der Waals surface area (Å²) in [6, 6.07) is 12.1. The molecule has 0 spiro atoms. The Labute approximate surface area is 114 Å². The van der Waals surface area contributed by atoms with E-state index in [0.29, 0.717) is 6.61 Å². The van der Waals surface area contributed by atoms with Crippen LogP contribution >= 0.6 is 0 Å². The first-order valence-corrected chi connectivity index (χ1v) is 6.32. The lowest BCUT2D eigenvalue weighted by Crippen LogP contribution is -2.07. The fourth-order valence-corrected chi connectivity index (χ4v) is 1.76. The summed E-state index contributed by atoms with van der Waals surface area (Å²) in [5.74, 6) is 0.877. The van der Waals surface area contributed by atoms with Gasteiger partial charge in [-0.3, -0.25) is 4.98 Å². The van der Waals surface area contributed by atoms with Gasteiger partial charge in [0.25, 0.3) is 0 Å². The maximum atomic E-state index is 5.74. The van der Waals surface area contributed by atoms with Crippen LogP contribution in [0.2, 0.25) is 0 Å². The molecule has 3 heteroatoms. The zero-order chi connectivity index (χ0) is 13.3. The van der Waals surface area contributed by atoms with Crippen LogP contribution in [0.1, 0.15) is 11.1 Å². The third-order valence-corrected chi connectivity index (χ3v) is 2.67. The van der Waals surface area contributed by atoms with Crippen molar-refractivity contribution in [2.45, 2.75) is 6.54 Å². The number of hydrogen-bond acceptors (Lipinski definition) is 3. The summed E-state index contributed by atoms with van der Waals surface area (Å²) < 4.78 is 5.74. The Bertz CT molecular complexity index is 523. The molecule has 1 heterocycles. The minimum Gasteiger partial charge on any atom is -0.489 e. The molecule has 98 valence electrons. The number of ether oxygens (including phenoxy) is 1. The summed E-state index contributed by atoms with van der Waals surface area (Å²) in [6.07, 6.45) is 7.64. The number of benzene rings is 1. The molecule has 0 saturated heterocycles. The van der Waals surface area contributed by atoms with Crippen LogP contribution in [-0.2, 0) is 6.54 Å². The Balaban J connectivity index is 1.91. The Morgan fingerprint density at radius 3 is 2.84 bits per heavy atom. The largest absolute Gasteiger partial charge is 0.489 e. The summed E-state index contributed by atoms with van der Waals surface area (Å²) >= 11 is 0. The van der Waals surface area contributed by atoms with Gasteiger partial charge in [0.1, 0.15) is 12.4 Å². The van der Waals surface area contributed by atoms with Crippen molar-refractivity contribution in [1.29, 1.82) is 0 Å². The molecule has 0 fully saturated rings. The van der Waals surface area contributed by atoms with Gasteiger partial charge in [0, 0.05) is 24.5 Å². The summed E-state index contributed by atoms with van der Waals surface area (Å²) in [7, 11) is 1.91. The second kappa shape index (κ2) is 7.34. The van der Waals surface area contributed by atoms with E-state index in [0.717, 1.165) is 17.9 Å². The van der Waals surface area contributed by atoms with E-state index in [-0.39, 0.29) is 0 Å². The molecule has 1 N–H and O–H groups in total. The lowest BCUT2D eigenvalue weighted by atomic mass is 10.2. The smallest absolute Gasteiger partial charge is 0.127 e. The van der Waals surface area contributed by atoms with Crippen LogP contribution in [0.4, 0.5) is 0 Å². The molecular weight excluding hydrogens is 236 g/mol. The molecule has 0 aliphatic rings. The maximum Gasteiger partial charge on any atom is 0.127 e. The van der Waals surface area contributed by atoms with Gasteiger partial charge in [0.15, 0.2) is 0 Å². The number of rotatable bonds is 6. The highest BCUT2D eigenvalue weighted by molar-refractivity contribution is 5.48. The lowest BCUT2D eigenvalue weighted by molar-refractivity contribution is 0.358. The van der Waals surface area contributed by atoms with Crippen LogP contribution < -0.4 is 10.1 Å². The average molecular weight is 254 g/mol. The zero-order valence-corrected chi connectivity index (χ0v) is 11.0. The van der Waals surface area contributed by atoms with Crippen LogP contribution in [0.3, 0.4) is 0 Å². The highest BCUT2D eigenvalue weighted by Gasteiger charge is 2.00. The topological polar surface area (TPSA) is 34.2 Å². The Morgan fingerprint density at radius 1 is 1.21 bits per heavy atom. The van der Waals surface area contributed by atoms with E-state index >= 15 is 0 Å². The SMILES string of the molecule is CNCc1cnccc1OC/C=C/c1ccccc1. The van der Waals surface area contributed by atoms with E-state index in [1.54, 1.807) is 6.20 Å². The normalized spacial score (nSPS) is 10.8. The quantitative estimate of drug-likeness (QED) is 0.860. The fraction of sp³-hybridized carbons (Fsp3) is 0.188. The third-order valence-electron chi connectivity index (χ3n) is 2.67. The van der Waals surface area contributed by atoms with Gasteiger partial charge in [-0.1, -0.05) is 36.4 Å². The van der Waals surface area contributed by atoms with E-state index in [9.17, 15) is 0 Å². The van der Waals surface area contributed by atoms with E-state index in [4.69, 9.17) is 4.74 Å². The molecule has 0 aliphatic heterocycles. The van der Waals surface area contributed by atoms with Crippen LogP contribution in [0.25, 0.3) is 6.08 Å². The van der Waals surface area contributed by atoms with E-state index in [2.05, 4.69) is 28.5 Å². The van der Waals surface area contributed by atoms with Crippen LogP contribution in [0.15, 0.2) is 54.9 Å². The predicted molar refractivity (Wildman–Crippen MR) is 78.0 cm³/mol. The van der Waals surface area contributed by atoms with Crippen molar-refractivity contribution >= 4 is 6.08 Å². The first-order valence-electron chi connectivity index (χ1n) is 6.32. The molecule has 0 unspecified atom stereocenters.